The van der Waals surface area contributed by atoms with Crippen LogP contribution in [0.25, 0.3) is 11.0 Å². The van der Waals surface area contributed by atoms with Crippen LogP contribution in [-0.4, -0.2) is 65.9 Å². The van der Waals surface area contributed by atoms with Gasteiger partial charge in [0.05, 0.1) is 17.6 Å². The maximum atomic E-state index is 11.4. The summed E-state index contributed by atoms with van der Waals surface area (Å²) >= 11 is 0. The fourth-order valence-corrected chi connectivity index (χ4v) is 2.90. The Hall–Kier alpha value is -2.08. The largest absolute Gasteiger partial charge is 0.368 e. The topological polar surface area (TPSA) is 55.5 Å². The van der Waals surface area contributed by atoms with Gasteiger partial charge < -0.3 is 19.7 Å². The van der Waals surface area contributed by atoms with E-state index in [1.807, 2.05) is 19.0 Å². The van der Waals surface area contributed by atoms with Gasteiger partial charge in [0.2, 0.25) is 5.91 Å². The van der Waals surface area contributed by atoms with Gasteiger partial charge in [0.1, 0.15) is 5.82 Å². The Bertz CT molecular complexity index is 670. The number of amides is 1. The lowest BCUT2D eigenvalue weighted by Crippen LogP contribution is -2.48. The van der Waals surface area contributed by atoms with Gasteiger partial charge in [-0.1, -0.05) is 0 Å². The standard InChI is InChI=1S/C16H23N5O/c1-12(22)20-6-8-21(9-7-20)13-4-5-14-15(10-13)18-16(17-14)11-19(2)3/h4-5,10H,6-9,11H2,1-3H3,(H,17,18). The van der Waals surface area contributed by atoms with Crippen molar-refractivity contribution in [3.05, 3.63) is 24.0 Å². The number of carbonyl (C=O) groups excluding carboxylic acids is 1. The predicted molar refractivity (Wildman–Crippen MR) is 88.0 cm³/mol. The predicted octanol–water partition coefficient (Wildman–Crippen LogP) is 1.29. The third-order valence-electron chi connectivity index (χ3n) is 4.07. The molecule has 1 saturated heterocycles. The Labute approximate surface area is 130 Å². The van der Waals surface area contributed by atoms with Crippen LogP contribution >= 0.6 is 0 Å². The summed E-state index contributed by atoms with van der Waals surface area (Å²) in [6.45, 7) is 5.79. The number of rotatable bonds is 3. The zero-order chi connectivity index (χ0) is 15.7. The van der Waals surface area contributed by atoms with Crippen LogP contribution in [-0.2, 0) is 11.3 Å². The van der Waals surface area contributed by atoms with Crippen LogP contribution in [0, 0.1) is 0 Å². The molecule has 118 valence electrons. The smallest absolute Gasteiger partial charge is 0.219 e. The highest BCUT2D eigenvalue weighted by Gasteiger charge is 2.19. The normalized spacial score (nSPS) is 15.8. The van der Waals surface area contributed by atoms with Crippen molar-refractivity contribution in [2.75, 3.05) is 45.2 Å². The number of carbonyl (C=O) groups is 1. The van der Waals surface area contributed by atoms with Crippen LogP contribution in [0.4, 0.5) is 5.69 Å². The number of aromatic nitrogens is 2. The molecule has 0 atom stereocenters. The summed E-state index contributed by atoms with van der Waals surface area (Å²) in [5.74, 6) is 1.15. The van der Waals surface area contributed by atoms with Gasteiger partial charge in [0.15, 0.2) is 0 Å². The maximum Gasteiger partial charge on any atom is 0.219 e. The second-order valence-corrected chi connectivity index (χ2v) is 6.12. The molecule has 1 aromatic carbocycles. The van der Waals surface area contributed by atoms with Crippen molar-refractivity contribution in [2.24, 2.45) is 0 Å². The van der Waals surface area contributed by atoms with E-state index in [1.165, 1.54) is 5.69 Å². The Balaban J connectivity index is 1.76. The first kappa shape index (κ1) is 14.8. The van der Waals surface area contributed by atoms with E-state index in [0.717, 1.165) is 49.6 Å². The molecule has 1 fully saturated rings. The molecule has 0 saturated carbocycles. The fourth-order valence-electron chi connectivity index (χ4n) is 2.90. The van der Waals surface area contributed by atoms with E-state index in [4.69, 9.17) is 0 Å². The molecule has 0 radical (unpaired) electrons. The molecule has 6 heteroatoms. The van der Waals surface area contributed by atoms with E-state index in [2.05, 4.69) is 38.0 Å². The Morgan fingerprint density at radius 2 is 2.00 bits per heavy atom. The number of fused-ring (bicyclic) bond motifs is 1. The van der Waals surface area contributed by atoms with Crippen LogP contribution in [0.1, 0.15) is 12.7 Å². The summed E-state index contributed by atoms with van der Waals surface area (Å²) in [6, 6.07) is 6.34. The fraction of sp³-hybridized carbons (Fsp3) is 0.500. The molecule has 1 aromatic heterocycles. The molecule has 2 heterocycles. The number of anilines is 1. The first-order valence-electron chi connectivity index (χ1n) is 7.67. The average molecular weight is 301 g/mol. The highest BCUT2D eigenvalue weighted by atomic mass is 16.2. The third-order valence-corrected chi connectivity index (χ3v) is 4.07. The molecular formula is C16H23N5O. The van der Waals surface area contributed by atoms with E-state index in [-0.39, 0.29) is 5.91 Å². The second-order valence-electron chi connectivity index (χ2n) is 6.12. The molecule has 0 bridgehead atoms. The van der Waals surface area contributed by atoms with Gasteiger partial charge in [0.25, 0.3) is 0 Å². The highest BCUT2D eigenvalue weighted by Crippen LogP contribution is 2.22. The van der Waals surface area contributed by atoms with E-state index >= 15 is 0 Å². The van der Waals surface area contributed by atoms with E-state index < -0.39 is 0 Å². The van der Waals surface area contributed by atoms with Crippen molar-refractivity contribution in [1.82, 2.24) is 19.8 Å². The Morgan fingerprint density at radius 1 is 1.27 bits per heavy atom. The Kier molecular flexibility index (Phi) is 4.02. The molecule has 0 spiro atoms. The second kappa shape index (κ2) is 5.96. The zero-order valence-electron chi connectivity index (χ0n) is 13.5. The number of imidazole rings is 1. The van der Waals surface area contributed by atoms with E-state index in [0.29, 0.717) is 0 Å². The number of nitrogens with zero attached hydrogens (tertiary/aromatic N) is 4. The van der Waals surface area contributed by atoms with Crippen LogP contribution in [0.15, 0.2) is 18.2 Å². The number of piperazine rings is 1. The lowest BCUT2D eigenvalue weighted by atomic mass is 10.2. The lowest BCUT2D eigenvalue weighted by molar-refractivity contribution is -0.129. The first-order valence-corrected chi connectivity index (χ1v) is 7.67. The molecule has 1 aliphatic heterocycles. The van der Waals surface area contributed by atoms with Gasteiger partial charge in [-0.05, 0) is 32.3 Å². The van der Waals surface area contributed by atoms with E-state index in [9.17, 15) is 4.79 Å². The monoisotopic (exact) mass is 301 g/mol. The summed E-state index contributed by atoms with van der Waals surface area (Å²) in [7, 11) is 4.07. The van der Waals surface area contributed by atoms with Crippen molar-refractivity contribution in [2.45, 2.75) is 13.5 Å². The van der Waals surface area contributed by atoms with Crippen molar-refractivity contribution < 1.29 is 4.79 Å². The minimum absolute atomic E-state index is 0.164. The minimum atomic E-state index is 0.164. The number of hydrogen-bond acceptors (Lipinski definition) is 4. The van der Waals surface area contributed by atoms with Crippen molar-refractivity contribution in [1.29, 1.82) is 0 Å². The average Bonchev–Trinajstić information content (AvgIpc) is 2.87. The SMILES string of the molecule is CC(=O)N1CCN(c2ccc3nc(CN(C)C)[nH]c3c2)CC1. The van der Waals surface area contributed by atoms with Gasteiger partial charge in [-0.2, -0.15) is 0 Å². The molecule has 0 unspecified atom stereocenters. The number of benzene rings is 1. The molecular weight excluding hydrogens is 278 g/mol. The third kappa shape index (κ3) is 3.06. The molecule has 3 rings (SSSR count). The number of hydrogen-bond donors (Lipinski definition) is 1. The maximum absolute atomic E-state index is 11.4. The van der Waals surface area contributed by atoms with Crippen LogP contribution in [0.3, 0.4) is 0 Å². The highest BCUT2D eigenvalue weighted by molar-refractivity contribution is 5.80. The van der Waals surface area contributed by atoms with Gasteiger partial charge in [0, 0.05) is 38.8 Å². The number of aromatic amines is 1. The minimum Gasteiger partial charge on any atom is -0.368 e. The van der Waals surface area contributed by atoms with Crippen LogP contribution < -0.4 is 4.90 Å². The van der Waals surface area contributed by atoms with Crippen LogP contribution in [0.2, 0.25) is 0 Å². The molecule has 22 heavy (non-hydrogen) atoms. The van der Waals surface area contributed by atoms with Crippen molar-refractivity contribution in [3.63, 3.8) is 0 Å². The molecule has 1 aliphatic rings. The molecule has 6 nitrogen and oxygen atoms in total. The Morgan fingerprint density at radius 3 is 2.64 bits per heavy atom. The molecule has 2 aromatic rings. The quantitative estimate of drug-likeness (QED) is 0.928. The zero-order valence-corrected chi connectivity index (χ0v) is 13.5. The van der Waals surface area contributed by atoms with Gasteiger partial charge in [-0.15, -0.1) is 0 Å². The van der Waals surface area contributed by atoms with Gasteiger partial charge in [-0.25, -0.2) is 4.98 Å². The number of H-pyrrole nitrogens is 1. The van der Waals surface area contributed by atoms with Crippen molar-refractivity contribution >= 4 is 22.6 Å². The molecule has 1 N–H and O–H groups in total. The van der Waals surface area contributed by atoms with Crippen molar-refractivity contribution in [3.8, 4) is 0 Å². The van der Waals surface area contributed by atoms with Gasteiger partial charge in [-0.3, -0.25) is 4.79 Å². The van der Waals surface area contributed by atoms with Crippen LogP contribution in [0.5, 0.6) is 0 Å². The summed E-state index contributed by atoms with van der Waals surface area (Å²) in [4.78, 5) is 25.7. The van der Waals surface area contributed by atoms with E-state index in [1.54, 1.807) is 6.92 Å². The summed E-state index contributed by atoms with van der Waals surface area (Å²) in [6.07, 6.45) is 0. The van der Waals surface area contributed by atoms with Gasteiger partial charge >= 0.3 is 0 Å². The molecule has 1 amide bonds. The summed E-state index contributed by atoms with van der Waals surface area (Å²) in [5.41, 5.74) is 3.27. The lowest BCUT2D eigenvalue weighted by Gasteiger charge is -2.35. The number of nitrogens with one attached hydrogen (secondary N) is 1. The molecule has 0 aliphatic carbocycles. The summed E-state index contributed by atoms with van der Waals surface area (Å²) < 4.78 is 0. The first-order chi connectivity index (χ1) is 10.5. The summed E-state index contributed by atoms with van der Waals surface area (Å²) in [5, 5.41) is 0.